The van der Waals surface area contributed by atoms with Gasteiger partial charge >= 0.3 is 11.6 Å². The van der Waals surface area contributed by atoms with Crippen LogP contribution < -0.4 is 5.63 Å². The summed E-state index contributed by atoms with van der Waals surface area (Å²) in [6.07, 6.45) is 0.458. The van der Waals surface area contributed by atoms with Gasteiger partial charge in [-0.15, -0.1) is 0 Å². The number of carbonyl (C=O) groups excluding carboxylic acids is 1. The number of fused-ring (bicyclic) bond motifs is 2. The summed E-state index contributed by atoms with van der Waals surface area (Å²) in [6.45, 7) is 7.31. The molecule has 6 heteroatoms. The molecule has 0 bridgehead atoms. The van der Waals surface area contributed by atoms with E-state index < -0.39 is 46.7 Å². The average molecular weight is 346 g/mol. The number of hydrogen-bond donors (Lipinski definition) is 2. The van der Waals surface area contributed by atoms with Crippen LogP contribution in [0.4, 0.5) is 0 Å². The van der Waals surface area contributed by atoms with Crippen LogP contribution in [0.5, 0.6) is 0 Å². The van der Waals surface area contributed by atoms with Gasteiger partial charge in [0.05, 0.1) is 11.5 Å². The molecule has 0 unspecified atom stereocenters. The van der Waals surface area contributed by atoms with E-state index in [1.54, 1.807) is 19.1 Å². The molecule has 2 aliphatic carbocycles. The van der Waals surface area contributed by atoms with Gasteiger partial charge in [0.25, 0.3) is 0 Å². The van der Waals surface area contributed by atoms with Crippen LogP contribution in [-0.2, 0) is 14.9 Å². The summed E-state index contributed by atoms with van der Waals surface area (Å²) in [7, 11) is 0. The molecule has 1 saturated heterocycles. The van der Waals surface area contributed by atoms with Crippen molar-refractivity contribution in [2.45, 2.75) is 57.3 Å². The molecule has 1 aromatic rings. The van der Waals surface area contributed by atoms with Gasteiger partial charge in [0.1, 0.15) is 18.0 Å². The van der Waals surface area contributed by atoms with Crippen molar-refractivity contribution in [3.63, 3.8) is 0 Å². The molecule has 0 saturated carbocycles. The number of aliphatic hydroxyl groups excluding tert-OH is 2. The summed E-state index contributed by atoms with van der Waals surface area (Å²) in [5, 5.41) is 21.8. The summed E-state index contributed by atoms with van der Waals surface area (Å²) >= 11 is 0. The number of hydrogen-bond acceptors (Lipinski definition) is 6. The quantitative estimate of drug-likeness (QED) is 0.591. The molecule has 2 heterocycles. The zero-order valence-corrected chi connectivity index (χ0v) is 14.6. The molecule has 6 atom stereocenters. The number of ether oxygens (including phenoxy) is 1. The second kappa shape index (κ2) is 4.83. The third-order valence-corrected chi connectivity index (χ3v) is 6.28. The van der Waals surface area contributed by atoms with Crippen LogP contribution in [0.2, 0.25) is 0 Å². The van der Waals surface area contributed by atoms with Crippen LogP contribution >= 0.6 is 0 Å². The highest BCUT2D eigenvalue weighted by molar-refractivity contribution is 5.83. The van der Waals surface area contributed by atoms with Crippen molar-refractivity contribution in [1.82, 2.24) is 0 Å². The maximum absolute atomic E-state index is 12.6. The van der Waals surface area contributed by atoms with Gasteiger partial charge in [-0.05, 0) is 12.5 Å². The first-order valence-corrected chi connectivity index (χ1v) is 8.57. The predicted molar refractivity (Wildman–Crippen MR) is 88.0 cm³/mol. The van der Waals surface area contributed by atoms with E-state index in [4.69, 9.17) is 9.15 Å². The maximum atomic E-state index is 12.6. The fourth-order valence-corrected chi connectivity index (χ4v) is 5.04. The molecule has 134 valence electrons. The molecular weight excluding hydrogens is 324 g/mol. The van der Waals surface area contributed by atoms with Gasteiger partial charge in [-0.2, -0.15) is 0 Å². The molecule has 0 amide bonds. The van der Waals surface area contributed by atoms with E-state index in [2.05, 4.69) is 0 Å². The fourth-order valence-electron chi connectivity index (χ4n) is 5.04. The van der Waals surface area contributed by atoms with Gasteiger partial charge < -0.3 is 19.4 Å². The van der Waals surface area contributed by atoms with Gasteiger partial charge in [0, 0.05) is 28.9 Å². The van der Waals surface area contributed by atoms with E-state index in [-0.39, 0.29) is 5.92 Å². The predicted octanol–water partition coefficient (Wildman–Crippen LogP) is 1.55. The second-order valence-corrected chi connectivity index (χ2v) is 8.07. The number of esters is 1. The van der Waals surface area contributed by atoms with Gasteiger partial charge in [-0.3, -0.25) is 4.79 Å². The number of rotatable bonds is 1. The molecule has 1 aromatic heterocycles. The van der Waals surface area contributed by atoms with Gasteiger partial charge in [-0.1, -0.05) is 32.9 Å². The molecule has 0 spiro atoms. The van der Waals surface area contributed by atoms with E-state index >= 15 is 0 Å². The third-order valence-electron chi connectivity index (χ3n) is 6.28. The van der Waals surface area contributed by atoms with E-state index in [9.17, 15) is 19.8 Å². The van der Waals surface area contributed by atoms with Crippen LogP contribution in [0.15, 0.2) is 27.4 Å². The first-order chi connectivity index (χ1) is 11.6. The normalized spacial score (nSPS) is 41.5. The minimum atomic E-state index is -1.10. The Kier molecular flexibility index (Phi) is 3.19. The third kappa shape index (κ3) is 1.81. The molecule has 6 nitrogen and oxygen atoms in total. The van der Waals surface area contributed by atoms with Crippen LogP contribution in [-0.4, -0.2) is 28.4 Å². The zero-order chi connectivity index (χ0) is 18.3. The van der Waals surface area contributed by atoms with Crippen LogP contribution in [0.25, 0.3) is 0 Å². The highest BCUT2D eigenvalue weighted by atomic mass is 16.6. The molecule has 3 aliphatic rings. The Morgan fingerprint density at radius 2 is 1.88 bits per heavy atom. The van der Waals surface area contributed by atoms with Gasteiger partial charge in [0.2, 0.25) is 0 Å². The highest BCUT2D eigenvalue weighted by Gasteiger charge is 2.68. The molecule has 1 fully saturated rings. The van der Waals surface area contributed by atoms with Crippen LogP contribution in [0.1, 0.15) is 56.6 Å². The van der Waals surface area contributed by atoms with Crippen LogP contribution in [0.3, 0.4) is 0 Å². The van der Waals surface area contributed by atoms with Gasteiger partial charge in [-0.25, -0.2) is 4.79 Å². The van der Waals surface area contributed by atoms with Crippen molar-refractivity contribution in [1.29, 1.82) is 0 Å². The smallest absolute Gasteiger partial charge is 0.336 e. The summed E-state index contributed by atoms with van der Waals surface area (Å²) in [5.74, 6) is -0.663. The Bertz CT molecular complexity index is 852. The highest BCUT2D eigenvalue weighted by Crippen LogP contribution is 2.61. The minimum absolute atomic E-state index is 0.141. The summed E-state index contributed by atoms with van der Waals surface area (Å²) in [5.41, 5.74) is -1.41. The Hall–Kier alpha value is -1.92. The van der Waals surface area contributed by atoms with Gasteiger partial charge in [0.15, 0.2) is 0 Å². The fraction of sp³-hybridized carbons (Fsp3) is 0.579. The van der Waals surface area contributed by atoms with Crippen molar-refractivity contribution in [3.05, 3.63) is 45.5 Å². The monoisotopic (exact) mass is 346 g/mol. The number of aliphatic hydroxyl groups is 2. The van der Waals surface area contributed by atoms with Crippen molar-refractivity contribution >= 4 is 5.97 Å². The second-order valence-electron chi connectivity index (χ2n) is 8.07. The summed E-state index contributed by atoms with van der Waals surface area (Å²) in [4.78, 5) is 24.7. The molecule has 4 rings (SSSR count). The average Bonchev–Trinajstić information content (AvgIpc) is 2.82. The lowest BCUT2D eigenvalue weighted by Crippen LogP contribution is -2.58. The Morgan fingerprint density at radius 3 is 2.52 bits per heavy atom. The Morgan fingerprint density at radius 1 is 1.20 bits per heavy atom. The molecule has 1 aliphatic heterocycles. The van der Waals surface area contributed by atoms with Crippen molar-refractivity contribution in [2.24, 2.45) is 11.3 Å². The Balaban J connectivity index is 2.10. The Labute approximate surface area is 145 Å². The zero-order valence-electron chi connectivity index (χ0n) is 14.6. The molecule has 0 radical (unpaired) electrons. The van der Waals surface area contributed by atoms with Crippen molar-refractivity contribution < 1.29 is 24.2 Å². The standard InChI is InChI=1S/C19H22O6/c1-8(2)14-12-9(7-11(21)24-14)19(4)10(20)5-6-18(3)16(19)15(13(12)22)25-17(18)23/h5-8,10,13,15-16,20,22H,1-4H3/t10-,13-,15-,16+,18+,19+/m1/s1. The summed E-state index contributed by atoms with van der Waals surface area (Å²) in [6, 6.07) is 1.34. The van der Waals surface area contributed by atoms with E-state index in [1.165, 1.54) is 6.07 Å². The lowest BCUT2D eigenvalue weighted by Gasteiger charge is -2.52. The SMILES string of the molecule is CC(C)c1oc(=O)cc2c1[C@@H](O)[C@H]1OC(=O)[C@@]3(C)C=C[C@@H](O)[C@@]2(C)[C@@H]13. The number of carbonyl (C=O) groups is 1. The topological polar surface area (TPSA) is 97.0 Å². The van der Waals surface area contributed by atoms with E-state index in [1.807, 2.05) is 20.8 Å². The summed E-state index contributed by atoms with van der Waals surface area (Å²) < 4.78 is 10.9. The first-order valence-electron chi connectivity index (χ1n) is 8.57. The first kappa shape index (κ1) is 16.5. The largest absolute Gasteiger partial charge is 0.458 e. The minimum Gasteiger partial charge on any atom is -0.458 e. The molecule has 2 N–H and O–H groups in total. The van der Waals surface area contributed by atoms with Crippen LogP contribution in [0, 0.1) is 11.3 Å². The van der Waals surface area contributed by atoms with E-state index in [0.29, 0.717) is 16.9 Å². The van der Waals surface area contributed by atoms with Crippen molar-refractivity contribution in [2.75, 3.05) is 0 Å². The lowest BCUT2D eigenvalue weighted by molar-refractivity contribution is -0.150. The molecule has 0 aromatic carbocycles. The molecular formula is C19H22O6. The molecule has 25 heavy (non-hydrogen) atoms. The maximum Gasteiger partial charge on any atom is 0.336 e. The van der Waals surface area contributed by atoms with Crippen molar-refractivity contribution in [3.8, 4) is 0 Å². The van der Waals surface area contributed by atoms with E-state index in [0.717, 1.165) is 0 Å². The lowest BCUT2D eigenvalue weighted by atomic mass is 9.50.